The topological polar surface area (TPSA) is 108 Å². The van der Waals surface area contributed by atoms with Crippen LogP contribution in [0, 0.1) is 6.92 Å². The molecular formula is C16H23NO7S. The monoisotopic (exact) mass is 373 g/mol. The molecule has 0 saturated heterocycles. The third kappa shape index (κ3) is 7.10. The number of aryl methyl sites for hydroxylation is 1. The van der Waals surface area contributed by atoms with Gasteiger partial charge in [-0.1, -0.05) is 17.7 Å². The summed E-state index contributed by atoms with van der Waals surface area (Å²) in [6.45, 7) is 5.05. The van der Waals surface area contributed by atoms with Gasteiger partial charge in [0.25, 0.3) is 10.1 Å². The van der Waals surface area contributed by atoms with Crippen LogP contribution in [-0.4, -0.2) is 46.3 Å². The summed E-state index contributed by atoms with van der Waals surface area (Å²) in [5, 5.41) is 2.33. The number of carbonyl (C=O) groups excluding carboxylic acids is 2. The number of benzene rings is 1. The lowest BCUT2D eigenvalue weighted by molar-refractivity contribution is -0.145. The molecule has 1 rings (SSSR count). The number of rotatable bonds is 9. The molecule has 1 aromatic rings. The summed E-state index contributed by atoms with van der Waals surface area (Å²) in [5.41, 5.74) is 0.917. The van der Waals surface area contributed by atoms with Gasteiger partial charge in [-0.15, -0.1) is 0 Å². The van der Waals surface area contributed by atoms with E-state index in [0.29, 0.717) is 0 Å². The van der Waals surface area contributed by atoms with Crippen LogP contribution in [0.5, 0.6) is 0 Å². The van der Waals surface area contributed by atoms with Gasteiger partial charge in [-0.2, -0.15) is 8.42 Å². The van der Waals surface area contributed by atoms with Crippen LogP contribution in [0.3, 0.4) is 0 Å². The molecule has 140 valence electrons. The van der Waals surface area contributed by atoms with Crippen LogP contribution in [0.15, 0.2) is 29.2 Å². The highest BCUT2D eigenvalue weighted by molar-refractivity contribution is 7.86. The molecule has 0 unspecified atom stereocenters. The smallest absolute Gasteiger partial charge is 0.407 e. The largest absolute Gasteiger partial charge is 0.464 e. The molecule has 0 heterocycles. The Morgan fingerprint density at radius 2 is 1.68 bits per heavy atom. The van der Waals surface area contributed by atoms with Crippen molar-refractivity contribution in [2.24, 2.45) is 0 Å². The number of nitrogens with one attached hydrogen (secondary N) is 1. The summed E-state index contributed by atoms with van der Waals surface area (Å²) in [5.74, 6) is -0.688. The Balaban J connectivity index is 2.67. The fourth-order valence-corrected chi connectivity index (χ4v) is 2.78. The molecule has 8 nitrogen and oxygen atoms in total. The van der Waals surface area contributed by atoms with Gasteiger partial charge < -0.3 is 14.8 Å². The Kier molecular flexibility index (Phi) is 8.36. The minimum Gasteiger partial charge on any atom is -0.464 e. The van der Waals surface area contributed by atoms with Gasteiger partial charge in [0.1, 0.15) is 6.04 Å². The zero-order valence-corrected chi connectivity index (χ0v) is 15.3. The molecule has 1 aromatic carbocycles. The summed E-state index contributed by atoms with van der Waals surface area (Å²) in [6.07, 6.45) is -0.870. The molecular weight excluding hydrogens is 350 g/mol. The zero-order chi connectivity index (χ0) is 18.9. The Labute approximate surface area is 147 Å². The van der Waals surface area contributed by atoms with Gasteiger partial charge in [-0.3, -0.25) is 4.18 Å². The molecule has 9 heteroatoms. The number of hydrogen-bond acceptors (Lipinski definition) is 7. The lowest BCUT2D eigenvalue weighted by atomic mass is 10.2. The molecule has 1 N–H and O–H groups in total. The second-order valence-corrected chi connectivity index (χ2v) is 6.66. The maximum absolute atomic E-state index is 12.1. The molecule has 0 aliphatic rings. The minimum atomic E-state index is -3.95. The predicted molar refractivity (Wildman–Crippen MR) is 89.5 cm³/mol. The van der Waals surface area contributed by atoms with Crippen LogP contribution in [0.2, 0.25) is 0 Å². The second kappa shape index (κ2) is 10.00. The number of hydrogen-bond donors (Lipinski definition) is 1. The number of esters is 1. The Morgan fingerprint density at radius 3 is 2.24 bits per heavy atom. The first-order chi connectivity index (χ1) is 11.8. The maximum atomic E-state index is 12.1. The van der Waals surface area contributed by atoms with E-state index in [-0.39, 0.29) is 31.1 Å². The van der Waals surface area contributed by atoms with Crippen molar-refractivity contribution in [1.29, 1.82) is 0 Å². The van der Waals surface area contributed by atoms with Crippen molar-refractivity contribution in [3.05, 3.63) is 29.8 Å². The van der Waals surface area contributed by atoms with E-state index in [9.17, 15) is 18.0 Å². The highest BCUT2D eigenvalue weighted by Gasteiger charge is 2.24. The van der Waals surface area contributed by atoms with Crippen LogP contribution in [0.4, 0.5) is 4.79 Å². The normalized spacial score (nSPS) is 12.3. The van der Waals surface area contributed by atoms with Gasteiger partial charge in [-0.25, -0.2) is 9.59 Å². The first kappa shape index (κ1) is 20.9. The van der Waals surface area contributed by atoms with Gasteiger partial charge in [0, 0.05) is 6.42 Å². The van der Waals surface area contributed by atoms with Crippen molar-refractivity contribution in [2.75, 3.05) is 19.8 Å². The molecule has 1 amide bonds. The van der Waals surface area contributed by atoms with E-state index in [1.165, 1.54) is 12.1 Å². The van der Waals surface area contributed by atoms with Crippen molar-refractivity contribution in [1.82, 2.24) is 5.32 Å². The van der Waals surface area contributed by atoms with E-state index in [1.54, 1.807) is 26.0 Å². The average Bonchev–Trinajstić information content (AvgIpc) is 2.54. The summed E-state index contributed by atoms with van der Waals surface area (Å²) < 4.78 is 38.7. The van der Waals surface area contributed by atoms with Crippen molar-refractivity contribution in [3.63, 3.8) is 0 Å². The summed E-state index contributed by atoms with van der Waals surface area (Å²) in [6, 6.07) is 5.11. The standard InChI is InChI=1S/C16H23NO7S/c1-4-22-15(18)14(17-16(19)23-5-2)10-11-24-25(20,21)13-8-6-12(3)7-9-13/h6-9,14H,4-5,10-11H2,1-3H3,(H,17,19)/t14-/m0/s1. The molecule has 0 radical (unpaired) electrons. The summed E-state index contributed by atoms with van der Waals surface area (Å²) in [4.78, 5) is 23.3. The fourth-order valence-electron chi connectivity index (χ4n) is 1.86. The molecule has 0 bridgehead atoms. The van der Waals surface area contributed by atoms with Crippen LogP contribution < -0.4 is 5.32 Å². The zero-order valence-electron chi connectivity index (χ0n) is 14.5. The van der Waals surface area contributed by atoms with Gasteiger partial charge in [-0.05, 0) is 32.9 Å². The van der Waals surface area contributed by atoms with Crippen molar-refractivity contribution in [3.8, 4) is 0 Å². The van der Waals surface area contributed by atoms with E-state index in [1.807, 2.05) is 6.92 Å². The molecule has 1 atom stereocenters. The van der Waals surface area contributed by atoms with Gasteiger partial charge in [0.2, 0.25) is 0 Å². The predicted octanol–water partition coefficient (Wildman–Crippen LogP) is 1.77. The Bertz CT molecular complexity index is 670. The highest BCUT2D eigenvalue weighted by atomic mass is 32.2. The van der Waals surface area contributed by atoms with Gasteiger partial charge >= 0.3 is 12.1 Å². The SMILES string of the molecule is CCOC(=O)N[C@@H](CCOS(=O)(=O)c1ccc(C)cc1)C(=O)OCC. The molecule has 0 aliphatic carbocycles. The molecule has 0 saturated carbocycles. The average molecular weight is 373 g/mol. The quantitative estimate of drug-likeness (QED) is 0.519. The van der Waals surface area contributed by atoms with Crippen molar-refractivity contribution < 1.29 is 31.7 Å². The molecule has 0 aliphatic heterocycles. The van der Waals surface area contributed by atoms with E-state index in [0.717, 1.165) is 5.56 Å². The van der Waals surface area contributed by atoms with Gasteiger partial charge in [0.15, 0.2) is 0 Å². The third-order valence-corrected chi connectivity index (χ3v) is 4.42. The number of ether oxygens (including phenoxy) is 2. The first-order valence-corrected chi connectivity index (χ1v) is 9.27. The summed E-state index contributed by atoms with van der Waals surface area (Å²) >= 11 is 0. The Hall–Kier alpha value is -2.13. The number of carbonyl (C=O) groups is 2. The molecule has 0 spiro atoms. The van der Waals surface area contributed by atoms with E-state index in [2.05, 4.69) is 5.32 Å². The van der Waals surface area contributed by atoms with Crippen LogP contribution in [0.1, 0.15) is 25.8 Å². The maximum Gasteiger partial charge on any atom is 0.407 e. The molecule has 25 heavy (non-hydrogen) atoms. The lowest BCUT2D eigenvalue weighted by Crippen LogP contribution is -2.43. The number of alkyl carbamates (subject to hydrolysis) is 1. The van der Waals surface area contributed by atoms with Crippen LogP contribution in [0.25, 0.3) is 0 Å². The molecule has 0 fully saturated rings. The van der Waals surface area contributed by atoms with E-state index < -0.39 is 28.2 Å². The molecule has 0 aromatic heterocycles. The lowest BCUT2D eigenvalue weighted by Gasteiger charge is -2.16. The van der Waals surface area contributed by atoms with Crippen molar-refractivity contribution >= 4 is 22.2 Å². The fraction of sp³-hybridized carbons (Fsp3) is 0.500. The minimum absolute atomic E-state index is 0.0177. The Morgan fingerprint density at radius 1 is 1.08 bits per heavy atom. The highest BCUT2D eigenvalue weighted by Crippen LogP contribution is 2.14. The van der Waals surface area contributed by atoms with Crippen LogP contribution in [-0.2, 0) is 28.6 Å². The first-order valence-electron chi connectivity index (χ1n) is 7.86. The van der Waals surface area contributed by atoms with Gasteiger partial charge in [0.05, 0.1) is 24.7 Å². The van der Waals surface area contributed by atoms with Crippen molar-refractivity contribution in [2.45, 2.75) is 38.1 Å². The van der Waals surface area contributed by atoms with E-state index >= 15 is 0 Å². The van der Waals surface area contributed by atoms with E-state index in [4.69, 9.17) is 13.7 Å². The summed E-state index contributed by atoms with van der Waals surface area (Å²) in [7, 11) is -3.95. The second-order valence-electron chi connectivity index (χ2n) is 5.05. The van der Waals surface area contributed by atoms with Crippen LogP contribution >= 0.6 is 0 Å². The third-order valence-electron chi connectivity index (χ3n) is 3.09. The number of amides is 1.